The molecule has 2 heterocycles. The molecule has 0 aromatic carbocycles. The number of guanidine groups is 1. The van der Waals surface area contributed by atoms with E-state index < -0.39 is 17.9 Å². The SMILES string of the molecule is CC[C@H]1N=C(N[C@H]2C[C@H](F)CN(C(=O)OC(C)(C)C)C2)N1. The lowest BCUT2D eigenvalue weighted by Gasteiger charge is -2.38. The van der Waals surface area contributed by atoms with Crippen LogP contribution < -0.4 is 10.6 Å². The molecule has 1 amide bonds. The Morgan fingerprint density at radius 2 is 2.19 bits per heavy atom. The van der Waals surface area contributed by atoms with Crippen molar-refractivity contribution in [1.82, 2.24) is 15.5 Å². The van der Waals surface area contributed by atoms with Gasteiger partial charge < -0.3 is 20.3 Å². The highest BCUT2D eigenvalue weighted by atomic mass is 19.1. The molecule has 0 unspecified atom stereocenters. The molecule has 0 saturated carbocycles. The van der Waals surface area contributed by atoms with Crippen LogP contribution in [0.15, 0.2) is 4.99 Å². The van der Waals surface area contributed by atoms with Gasteiger partial charge in [0.05, 0.1) is 6.54 Å². The first kappa shape index (κ1) is 15.9. The van der Waals surface area contributed by atoms with Crippen LogP contribution in [0.2, 0.25) is 0 Å². The van der Waals surface area contributed by atoms with E-state index in [-0.39, 0.29) is 18.8 Å². The molecule has 0 bridgehead atoms. The first-order chi connectivity index (χ1) is 9.76. The predicted molar refractivity (Wildman–Crippen MR) is 78.9 cm³/mol. The van der Waals surface area contributed by atoms with Gasteiger partial charge in [0, 0.05) is 19.0 Å². The maximum atomic E-state index is 13.8. The molecule has 120 valence electrons. The number of carbonyl (C=O) groups excluding carboxylic acids is 1. The van der Waals surface area contributed by atoms with Crippen LogP contribution in [0.5, 0.6) is 0 Å². The third-order valence-electron chi connectivity index (χ3n) is 3.37. The normalized spacial score (nSPS) is 29.1. The molecule has 1 fully saturated rings. The Morgan fingerprint density at radius 3 is 2.76 bits per heavy atom. The van der Waals surface area contributed by atoms with Gasteiger partial charge in [-0.15, -0.1) is 0 Å². The summed E-state index contributed by atoms with van der Waals surface area (Å²) >= 11 is 0. The zero-order valence-corrected chi connectivity index (χ0v) is 13.1. The zero-order valence-electron chi connectivity index (χ0n) is 13.1. The minimum Gasteiger partial charge on any atom is -0.444 e. The highest BCUT2D eigenvalue weighted by Gasteiger charge is 2.33. The number of halogens is 1. The van der Waals surface area contributed by atoms with Crippen molar-refractivity contribution in [1.29, 1.82) is 0 Å². The Balaban J connectivity index is 1.89. The number of aliphatic imine (C=N–C) groups is 1. The summed E-state index contributed by atoms with van der Waals surface area (Å²) in [7, 11) is 0. The van der Waals surface area contributed by atoms with Gasteiger partial charge in [-0.25, -0.2) is 14.2 Å². The van der Waals surface area contributed by atoms with Crippen LogP contribution in [0.25, 0.3) is 0 Å². The molecule has 2 rings (SSSR count). The van der Waals surface area contributed by atoms with Crippen molar-refractivity contribution in [3.63, 3.8) is 0 Å². The number of rotatable bonds is 2. The molecule has 2 aliphatic heterocycles. The van der Waals surface area contributed by atoms with Gasteiger partial charge in [-0.3, -0.25) is 0 Å². The quantitative estimate of drug-likeness (QED) is 0.813. The Morgan fingerprint density at radius 1 is 1.52 bits per heavy atom. The molecule has 2 aliphatic rings. The average Bonchev–Trinajstić information content (AvgIpc) is 2.30. The molecule has 0 aromatic heterocycles. The molecule has 6 nitrogen and oxygen atoms in total. The number of amides is 1. The average molecular weight is 300 g/mol. The highest BCUT2D eigenvalue weighted by Crippen LogP contribution is 2.18. The molecule has 1 saturated heterocycles. The second-order valence-corrected chi connectivity index (χ2v) is 6.61. The van der Waals surface area contributed by atoms with Crippen LogP contribution in [0.1, 0.15) is 40.5 Å². The van der Waals surface area contributed by atoms with E-state index in [9.17, 15) is 9.18 Å². The minimum atomic E-state index is -1.05. The van der Waals surface area contributed by atoms with Gasteiger partial charge in [0.1, 0.15) is 17.9 Å². The van der Waals surface area contributed by atoms with Crippen molar-refractivity contribution < 1.29 is 13.9 Å². The first-order valence-corrected chi connectivity index (χ1v) is 7.49. The minimum absolute atomic E-state index is 0.0879. The fourth-order valence-corrected chi connectivity index (χ4v) is 2.40. The van der Waals surface area contributed by atoms with E-state index in [0.29, 0.717) is 18.9 Å². The number of hydrogen-bond donors (Lipinski definition) is 2. The van der Waals surface area contributed by atoms with Crippen LogP contribution in [-0.4, -0.2) is 54.0 Å². The molecule has 0 spiro atoms. The molecular formula is C14H25FN4O2. The number of nitrogens with one attached hydrogen (secondary N) is 2. The number of hydrogen-bond acceptors (Lipinski definition) is 5. The lowest BCUT2D eigenvalue weighted by molar-refractivity contribution is 0.0104. The largest absolute Gasteiger partial charge is 0.444 e. The summed E-state index contributed by atoms with van der Waals surface area (Å²) < 4.78 is 19.1. The molecule has 0 aliphatic carbocycles. The van der Waals surface area contributed by atoms with Crippen molar-refractivity contribution in [2.45, 2.75) is 64.5 Å². The molecule has 3 atom stereocenters. The molecular weight excluding hydrogens is 275 g/mol. The first-order valence-electron chi connectivity index (χ1n) is 7.49. The van der Waals surface area contributed by atoms with Crippen molar-refractivity contribution in [2.24, 2.45) is 4.99 Å². The van der Waals surface area contributed by atoms with Gasteiger partial charge in [-0.05, 0) is 27.2 Å². The van der Waals surface area contributed by atoms with Crippen molar-refractivity contribution in [2.75, 3.05) is 13.1 Å². The van der Waals surface area contributed by atoms with Crippen molar-refractivity contribution in [3.05, 3.63) is 0 Å². The van der Waals surface area contributed by atoms with E-state index in [2.05, 4.69) is 15.6 Å². The Labute approximate surface area is 125 Å². The lowest BCUT2D eigenvalue weighted by Crippen LogP contribution is -2.60. The Kier molecular flexibility index (Phi) is 4.58. The smallest absolute Gasteiger partial charge is 0.410 e. The fourth-order valence-electron chi connectivity index (χ4n) is 2.40. The van der Waals surface area contributed by atoms with Gasteiger partial charge in [0.2, 0.25) is 0 Å². The van der Waals surface area contributed by atoms with Gasteiger partial charge in [0.25, 0.3) is 0 Å². The summed E-state index contributed by atoms with van der Waals surface area (Å²) in [5.41, 5.74) is -0.572. The van der Waals surface area contributed by atoms with Crippen LogP contribution in [0.3, 0.4) is 0 Å². The summed E-state index contributed by atoms with van der Waals surface area (Å²) in [6.07, 6.45) is -0.0696. The van der Waals surface area contributed by atoms with Crippen molar-refractivity contribution in [3.8, 4) is 0 Å². The second-order valence-electron chi connectivity index (χ2n) is 6.61. The monoisotopic (exact) mass is 300 g/mol. The number of nitrogens with zero attached hydrogens (tertiary/aromatic N) is 2. The van der Waals surface area contributed by atoms with Gasteiger partial charge in [0.15, 0.2) is 5.96 Å². The number of carbonyl (C=O) groups is 1. The number of likely N-dealkylation sites (tertiary alicyclic amines) is 1. The van der Waals surface area contributed by atoms with Gasteiger partial charge in [-0.1, -0.05) is 6.92 Å². The summed E-state index contributed by atoms with van der Waals surface area (Å²) in [4.78, 5) is 17.8. The van der Waals surface area contributed by atoms with Crippen LogP contribution in [-0.2, 0) is 4.74 Å². The fraction of sp³-hybridized carbons (Fsp3) is 0.857. The standard InChI is InChI=1S/C14H25FN4O2/c1-5-11-17-12(18-11)16-10-6-9(15)7-19(8-10)13(20)21-14(2,3)4/h9-11H,5-8H2,1-4H3,(H2,16,17,18)/t9-,10-/m0/s1. The predicted octanol–water partition coefficient (Wildman–Crippen LogP) is 1.62. The van der Waals surface area contributed by atoms with E-state index in [1.165, 1.54) is 4.90 Å². The third kappa shape index (κ3) is 4.47. The second kappa shape index (κ2) is 6.07. The highest BCUT2D eigenvalue weighted by molar-refractivity contribution is 5.84. The number of piperidine rings is 1. The molecule has 21 heavy (non-hydrogen) atoms. The zero-order chi connectivity index (χ0) is 15.6. The topological polar surface area (TPSA) is 66.0 Å². The van der Waals surface area contributed by atoms with Crippen molar-refractivity contribution >= 4 is 12.1 Å². The molecule has 2 N–H and O–H groups in total. The van der Waals surface area contributed by atoms with E-state index in [4.69, 9.17) is 4.74 Å². The third-order valence-corrected chi connectivity index (χ3v) is 3.37. The van der Waals surface area contributed by atoms with Crippen LogP contribution in [0, 0.1) is 0 Å². The maximum Gasteiger partial charge on any atom is 0.410 e. The lowest BCUT2D eigenvalue weighted by atomic mass is 10.0. The van der Waals surface area contributed by atoms with E-state index in [0.717, 1.165) is 6.42 Å². The van der Waals surface area contributed by atoms with Gasteiger partial charge in [-0.2, -0.15) is 0 Å². The molecule has 0 aromatic rings. The van der Waals surface area contributed by atoms with Crippen LogP contribution in [0.4, 0.5) is 9.18 Å². The summed E-state index contributed by atoms with van der Waals surface area (Å²) in [6.45, 7) is 7.96. The Hall–Kier alpha value is -1.53. The summed E-state index contributed by atoms with van der Waals surface area (Å²) in [5, 5.41) is 6.30. The number of ether oxygens (including phenoxy) is 1. The summed E-state index contributed by atoms with van der Waals surface area (Å²) in [6, 6.07) is -0.148. The Bertz CT molecular complexity index is 422. The van der Waals surface area contributed by atoms with E-state index in [1.807, 2.05) is 6.92 Å². The van der Waals surface area contributed by atoms with E-state index in [1.54, 1.807) is 20.8 Å². The summed E-state index contributed by atoms with van der Waals surface area (Å²) in [5.74, 6) is 0.685. The maximum absolute atomic E-state index is 13.8. The molecule has 7 heteroatoms. The van der Waals surface area contributed by atoms with E-state index >= 15 is 0 Å². The van der Waals surface area contributed by atoms with Crippen LogP contribution >= 0.6 is 0 Å². The number of alkyl halides is 1. The van der Waals surface area contributed by atoms with Gasteiger partial charge >= 0.3 is 6.09 Å². The molecule has 0 radical (unpaired) electrons.